The van der Waals surface area contributed by atoms with Crippen LogP contribution in [0.5, 0.6) is 11.5 Å². The molecule has 0 spiro atoms. The lowest BCUT2D eigenvalue weighted by Gasteiger charge is -2.16. The number of carboxylic acids is 1. The molecular formula is C27H25ClO5. The number of aromatic carboxylic acids is 1. The third-order valence-electron chi connectivity index (χ3n) is 5.32. The number of carbonyl (C=O) groups excluding carboxylic acids is 1. The van der Waals surface area contributed by atoms with E-state index >= 15 is 0 Å². The maximum Gasteiger partial charge on any atom is 0.339 e. The second kappa shape index (κ2) is 10.4. The van der Waals surface area contributed by atoms with Crippen molar-refractivity contribution >= 4 is 23.4 Å². The Morgan fingerprint density at radius 3 is 2.42 bits per heavy atom. The number of allylic oxidation sites excluding steroid dienone is 2. The molecule has 0 radical (unpaired) electrons. The highest BCUT2D eigenvalue weighted by atomic mass is 35.5. The number of rotatable bonds is 8. The van der Waals surface area contributed by atoms with Gasteiger partial charge in [0.2, 0.25) is 0 Å². The van der Waals surface area contributed by atoms with E-state index in [-0.39, 0.29) is 29.1 Å². The lowest BCUT2D eigenvalue weighted by Crippen LogP contribution is -2.11. The molecule has 0 fully saturated rings. The fourth-order valence-electron chi connectivity index (χ4n) is 3.63. The molecule has 0 heterocycles. The SMILES string of the molecule is COc1cc(CC(=O)c2cccc(-c3ccccc3Cl)c2)c(C(=O)O)c(O)c1CC=C(C)C. The number of carboxylic acid groups (broad SMARTS) is 1. The number of phenols is 1. The number of hydrogen-bond donors (Lipinski definition) is 2. The first-order chi connectivity index (χ1) is 15.7. The van der Waals surface area contributed by atoms with Crippen molar-refractivity contribution in [1.82, 2.24) is 0 Å². The number of Topliss-reactive ketones (excluding diaryl/α,β-unsaturated/α-hetero) is 1. The van der Waals surface area contributed by atoms with Gasteiger partial charge in [-0.1, -0.05) is 59.6 Å². The molecule has 2 N–H and O–H groups in total. The Bertz CT molecular complexity index is 1240. The summed E-state index contributed by atoms with van der Waals surface area (Å²) in [6.07, 6.45) is 1.97. The van der Waals surface area contributed by atoms with Crippen molar-refractivity contribution in [2.24, 2.45) is 0 Å². The smallest absolute Gasteiger partial charge is 0.339 e. The Morgan fingerprint density at radius 2 is 1.79 bits per heavy atom. The Labute approximate surface area is 197 Å². The van der Waals surface area contributed by atoms with Gasteiger partial charge in [0, 0.05) is 28.1 Å². The summed E-state index contributed by atoms with van der Waals surface area (Å²) in [7, 11) is 1.44. The highest BCUT2D eigenvalue weighted by Gasteiger charge is 2.24. The molecule has 0 aromatic heterocycles. The number of ether oxygens (including phenoxy) is 1. The maximum atomic E-state index is 13.1. The van der Waals surface area contributed by atoms with Crippen molar-refractivity contribution in [3.8, 4) is 22.6 Å². The van der Waals surface area contributed by atoms with Crippen molar-refractivity contribution in [1.29, 1.82) is 0 Å². The van der Waals surface area contributed by atoms with E-state index in [1.807, 2.05) is 44.2 Å². The average Bonchev–Trinajstić information content (AvgIpc) is 2.78. The third kappa shape index (κ3) is 5.44. The topological polar surface area (TPSA) is 83.8 Å². The van der Waals surface area contributed by atoms with Crippen LogP contribution in [0.25, 0.3) is 11.1 Å². The molecule has 3 aromatic rings. The van der Waals surface area contributed by atoms with Gasteiger partial charge in [-0.15, -0.1) is 0 Å². The van der Waals surface area contributed by atoms with Gasteiger partial charge in [-0.2, -0.15) is 0 Å². The van der Waals surface area contributed by atoms with Crippen LogP contribution in [0.1, 0.15) is 45.7 Å². The van der Waals surface area contributed by atoms with E-state index in [2.05, 4.69) is 0 Å². The highest BCUT2D eigenvalue weighted by molar-refractivity contribution is 6.33. The molecule has 0 aliphatic heterocycles. The first kappa shape index (κ1) is 24.1. The second-order valence-corrected chi connectivity index (χ2v) is 8.30. The summed E-state index contributed by atoms with van der Waals surface area (Å²) in [5.41, 5.74) is 3.27. The molecule has 3 aromatic carbocycles. The molecule has 3 rings (SSSR count). The van der Waals surface area contributed by atoms with Crippen LogP contribution in [0.4, 0.5) is 0 Å². The molecular weight excluding hydrogens is 440 g/mol. The Hall–Kier alpha value is -3.57. The van der Waals surface area contributed by atoms with Crippen LogP contribution >= 0.6 is 11.6 Å². The lowest BCUT2D eigenvalue weighted by atomic mass is 9.93. The first-order valence-electron chi connectivity index (χ1n) is 10.4. The predicted molar refractivity (Wildman–Crippen MR) is 130 cm³/mol. The molecule has 170 valence electrons. The van der Waals surface area contributed by atoms with E-state index in [1.165, 1.54) is 13.2 Å². The van der Waals surface area contributed by atoms with Crippen molar-refractivity contribution in [2.45, 2.75) is 26.7 Å². The molecule has 33 heavy (non-hydrogen) atoms. The van der Waals surface area contributed by atoms with Gasteiger partial charge in [0.25, 0.3) is 0 Å². The third-order valence-corrected chi connectivity index (χ3v) is 5.64. The molecule has 0 amide bonds. The molecule has 0 aliphatic rings. The standard InChI is InChI=1S/C27H25ClO5/c1-16(2)11-12-21-24(33-3)15-19(25(26(21)30)27(31)32)14-23(29)18-8-6-7-17(13-18)20-9-4-5-10-22(20)28/h4-11,13,15,30H,12,14H2,1-3H3,(H,31,32). The number of halogens is 1. The minimum Gasteiger partial charge on any atom is -0.507 e. The molecule has 5 nitrogen and oxygen atoms in total. The van der Waals surface area contributed by atoms with E-state index in [0.717, 1.165) is 16.7 Å². The van der Waals surface area contributed by atoms with E-state index in [0.29, 0.717) is 28.3 Å². The van der Waals surface area contributed by atoms with E-state index in [1.54, 1.807) is 24.3 Å². The van der Waals surface area contributed by atoms with Crippen LogP contribution in [0.15, 0.2) is 66.2 Å². The Morgan fingerprint density at radius 1 is 1.06 bits per heavy atom. The molecule has 0 saturated heterocycles. The summed E-state index contributed by atoms with van der Waals surface area (Å²) in [5.74, 6) is -1.64. The van der Waals surface area contributed by atoms with Gasteiger partial charge in [0.05, 0.1) is 7.11 Å². The zero-order chi connectivity index (χ0) is 24.1. The van der Waals surface area contributed by atoms with E-state index < -0.39 is 5.97 Å². The van der Waals surface area contributed by atoms with Gasteiger partial charge >= 0.3 is 5.97 Å². The van der Waals surface area contributed by atoms with Gasteiger partial charge in [-0.3, -0.25) is 4.79 Å². The van der Waals surface area contributed by atoms with Crippen molar-refractivity contribution < 1.29 is 24.5 Å². The second-order valence-electron chi connectivity index (χ2n) is 7.89. The summed E-state index contributed by atoms with van der Waals surface area (Å²) >= 11 is 6.29. The monoisotopic (exact) mass is 464 g/mol. The van der Waals surface area contributed by atoms with Gasteiger partial charge in [0.15, 0.2) is 5.78 Å². The molecule has 0 bridgehead atoms. The number of aromatic hydroxyl groups is 1. The van der Waals surface area contributed by atoms with Crippen LogP contribution in [-0.2, 0) is 12.8 Å². The van der Waals surface area contributed by atoms with E-state index in [9.17, 15) is 19.8 Å². The largest absolute Gasteiger partial charge is 0.507 e. The van der Waals surface area contributed by atoms with Gasteiger partial charge < -0.3 is 14.9 Å². The van der Waals surface area contributed by atoms with Gasteiger partial charge in [0.1, 0.15) is 17.1 Å². The minimum atomic E-state index is -1.30. The Balaban J connectivity index is 2.01. The lowest BCUT2D eigenvalue weighted by molar-refractivity contribution is 0.0692. The highest BCUT2D eigenvalue weighted by Crippen LogP contribution is 2.36. The molecule has 0 unspecified atom stereocenters. The number of ketones is 1. The normalized spacial score (nSPS) is 10.5. The number of benzene rings is 3. The van der Waals surface area contributed by atoms with Crippen LogP contribution < -0.4 is 4.74 Å². The average molecular weight is 465 g/mol. The Kier molecular flexibility index (Phi) is 7.56. The molecule has 0 aliphatic carbocycles. The van der Waals surface area contributed by atoms with Crippen molar-refractivity contribution in [3.05, 3.63) is 93.5 Å². The van der Waals surface area contributed by atoms with Crippen molar-refractivity contribution in [2.75, 3.05) is 7.11 Å². The van der Waals surface area contributed by atoms with Gasteiger partial charge in [-0.25, -0.2) is 4.79 Å². The summed E-state index contributed by atoms with van der Waals surface area (Å²) in [6, 6.07) is 15.9. The van der Waals surface area contributed by atoms with Crippen LogP contribution in [0.3, 0.4) is 0 Å². The quantitative estimate of drug-likeness (QED) is 0.299. The van der Waals surface area contributed by atoms with Crippen molar-refractivity contribution in [3.63, 3.8) is 0 Å². The fraction of sp³-hybridized carbons (Fsp3) is 0.185. The molecule has 0 saturated carbocycles. The zero-order valence-electron chi connectivity index (χ0n) is 18.7. The fourth-order valence-corrected chi connectivity index (χ4v) is 3.88. The molecule has 0 atom stereocenters. The maximum absolute atomic E-state index is 13.1. The summed E-state index contributed by atoms with van der Waals surface area (Å²) in [4.78, 5) is 25.1. The van der Waals surface area contributed by atoms with E-state index in [4.69, 9.17) is 16.3 Å². The van der Waals surface area contributed by atoms with Crippen LogP contribution in [-0.4, -0.2) is 29.1 Å². The van der Waals surface area contributed by atoms with Crippen LogP contribution in [0, 0.1) is 0 Å². The first-order valence-corrected chi connectivity index (χ1v) is 10.8. The summed E-state index contributed by atoms with van der Waals surface area (Å²) in [6.45, 7) is 3.82. The predicted octanol–water partition coefficient (Wildman–Crippen LogP) is 6.35. The zero-order valence-corrected chi connectivity index (χ0v) is 19.4. The summed E-state index contributed by atoms with van der Waals surface area (Å²) in [5, 5.41) is 21.1. The number of methoxy groups -OCH3 is 1. The number of carbonyl (C=O) groups is 2. The van der Waals surface area contributed by atoms with Crippen LogP contribution in [0.2, 0.25) is 5.02 Å². The minimum absolute atomic E-state index is 0.186. The molecule has 6 heteroatoms. The number of hydrogen-bond acceptors (Lipinski definition) is 4. The summed E-state index contributed by atoms with van der Waals surface area (Å²) < 4.78 is 5.40. The van der Waals surface area contributed by atoms with Gasteiger partial charge in [-0.05, 0) is 49.6 Å².